The van der Waals surface area contributed by atoms with Crippen LogP contribution >= 0.6 is 0 Å². The molecule has 4 unspecified atom stereocenters. The van der Waals surface area contributed by atoms with Gasteiger partial charge in [-0.25, -0.2) is 0 Å². The molecule has 5 heteroatoms. The van der Waals surface area contributed by atoms with Gasteiger partial charge in [-0.3, -0.25) is 0 Å². The van der Waals surface area contributed by atoms with E-state index in [2.05, 4.69) is 36.4 Å². The van der Waals surface area contributed by atoms with E-state index in [0.29, 0.717) is 6.61 Å². The third-order valence-corrected chi connectivity index (χ3v) is 6.36. The molecule has 2 fully saturated rings. The summed E-state index contributed by atoms with van der Waals surface area (Å²) in [7, 11) is 1.68. The van der Waals surface area contributed by atoms with Crippen LogP contribution in [0, 0.1) is 0 Å². The van der Waals surface area contributed by atoms with Crippen molar-refractivity contribution in [3.05, 3.63) is 108 Å². The van der Waals surface area contributed by atoms with Crippen LogP contribution in [0.5, 0.6) is 0 Å². The van der Waals surface area contributed by atoms with Crippen LogP contribution in [-0.4, -0.2) is 44.1 Å². The number of hydrogen-bond donors (Lipinski definition) is 0. The predicted octanol–water partition coefficient (Wildman–Crippen LogP) is 4.89. The number of ether oxygens (including phenoxy) is 5. The van der Waals surface area contributed by atoms with Crippen molar-refractivity contribution < 1.29 is 23.7 Å². The standard InChI is InChI=1S/C28H30O5/c1-27(2)32-25-24(29-3)23(31-26(25)33-27)19-30-28(20-13-7-4-8-14-20,21-15-9-5-10-16-21)22-17-11-6-12-18-22/h4-18,23-26H,19H2,1-3H3. The molecule has 0 radical (unpaired) electrons. The van der Waals surface area contributed by atoms with Crippen LogP contribution in [0.3, 0.4) is 0 Å². The first-order chi connectivity index (χ1) is 16.0. The Morgan fingerprint density at radius 3 is 1.70 bits per heavy atom. The van der Waals surface area contributed by atoms with E-state index in [1.54, 1.807) is 7.11 Å². The van der Waals surface area contributed by atoms with Gasteiger partial charge in [-0.05, 0) is 30.5 Å². The van der Waals surface area contributed by atoms with Crippen molar-refractivity contribution in [3.8, 4) is 0 Å². The quantitative estimate of drug-likeness (QED) is 0.484. The van der Waals surface area contributed by atoms with Gasteiger partial charge in [0.15, 0.2) is 12.1 Å². The second kappa shape index (κ2) is 9.01. The Labute approximate surface area is 195 Å². The molecule has 3 aromatic rings. The lowest BCUT2D eigenvalue weighted by atomic mass is 9.80. The van der Waals surface area contributed by atoms with Crippen LogP contribution in [-0.2, 0) is 29.3 Å². The summed E-state index contributed by atoms with van der Waals surface area (Å²) in [5.41, 5.74) is 2.32. The molecule has 2 saturated heterocycles. The Kier molecular flexibility index (Phi) is 6.08. The maximum atomic E-state index is 6.91. The van der Waals surface area contributed by atoms with Crippen molar-refractivity contribution in [1.82, 2.24) is 0 Å². The highest BCUT2D eigenvalue weighted by atomic mass is 16.8. The monoisotopic (exact) mass is 446 g/mol. The van der Waals surface area contributed by atoms with E-state index in [-0.39, 0.29) is 18.3 Å². The number of hydrogen-bond acceptors (Lipinski definition) is 5. The van der Waals surface area contributed by atoms with Crippen molar-refractivity contribution in [1.29, 1.82) is 0 Å². The zero-order chi connectivity index (χ0) is 22.9. The van der Waals surface area contributed by atoms with Gasteiger partial charge in [0.2, 0.25) is 0 Å². The first kappa shape index (κ1) is 22.3. The third kappa shape index (κ3) is 4.12. The molecular weight excluding hydrogens is 416 g/mol. The van der Waals surface area contributed by atoms with E-state index >= 15 is 0 Å². The molecular formula is C28H30O5. The van der Waals surface area contributed by atoms with Crippen LogP contribution in [0.2, 0.25) is 0 Å². The Morgan fingerprint density at radius 2 is 1.24 bits per heavy atom. The van der Waals surface area contributed by atoms with Crippen LogP contribution in [0.4, 0.5) is 0 Å². The molecule has 5 nitrogen and oxygen atoms in total. The number of rotatable bonds is 7. The minimum Gasteiger partial charge on any atom is -0.376 e. The van der Waals surface area contributed by atoms with Crippen molar-refractivity contribution in [2.75, 3.05) is 13.7 Å². The van der Waals surface area contributed by atoms with Gasteiger partial charge < -0.3 is 23.7 Å². The molecule has 3 aromatic carbocycles. The van der Waals surface area contributed by atoms with E-state index in [1.807, 2.05) is 68.4 Å². The van der Waals surface area contributed by atoms with Gasteiger partial charge in [0, 0.05) is 7.11 Å². The molecule has 0 spiro atoms. The summed E-state index contributed by atoms with van der Waals surface area (Å²) < 4.78 is 30.9. The van der Waals surface area contributed by atoms with Gasteiger partial charge in [0.25, 0.3) is 0 Å². The Balaban J connectivity index is 1.52. The van der Waals surface area contributed by atoms with Crippen LogP contribution < -0.4 is 0 Å². The Morgan fingerprint density at radius 1 is 0.758 bits per heavy atom. The maximum absolute atomic E-state index is 6.91. The van der Waals surface area contributed by atoms with E-state index in [4.69, 9.17) is 23.7 Å². The molecule has 2 heterocycles. The minimum absolute atomic E-state index is 0.293. The molecule has 5 rings (SSSR count). The average Bonchev–Trinajstić information content (AvgIpc) is 3.32. The van der Waals surface area contributed by atoms with E-state index in [0.717, 1.165) is 16.7 Å². The molecule has 0 amide bonds. The van der Waals surface area contributed by atoms with Crippen molar-refractivity contribution in [2.24, 2.45) is 0 Å². The van der Waals surface area contributed by atoms with Crippen LogP contribution in [0.1, 0.15) is 30.5 Å². The minimum atomic E-state index is -0.815. The first-order valence-corrected chi connectivity index (χ1v) is 11.4. The molecule has 33 heavy (non-hydrogen) atoms. The molecule has 0 N–H and O–H groups in total. The Bertz CT molecular complexity index is 941. The van der Waals surface area contributed by atoms with Gasteiger partial charge in [-0.1, -0.05) is 91.0 Å². The van der Waals surface area contributed by atoms with Gasteiger partial charge in [-0.2, -0.15) is 0 Å². The molecule has 0 bridgehead atoms. The second-order valence-electron chi connectivity index (χ2n) is 8.93. The summed E-state index contributed by atoms with van der Waals surface area (Å²) in [6, 6.07) is 30.9. The number of methoxy groups -OCH3 is 1. The highest BCUT2D eigenvalue weighted by molar-refractivity contribution is 5.47. The summed E-state index contributed by atoms with van der Waals surface area (Å²) in [5, 5.41) is 0. The van der Waals surface area contributed by atoms with E-state index in [9.17, 15) is 0 Å². The molecule has 2 aliphatic rings. The summed E-state index contributed by atoms with van der Waals surface area (Å²) in [6.07, 6.45) is -1.40. The van der Waals surface area contributed by atoms with Gasteiger partial charge >= 0.3 is 0 Å². The molecule has 4 atom stereocenters. The van der Waals surface area contributed by atoms with Gasteiger partial charge in [0.05, 0.1) is 6.61 Å². The molecule has 2 aliphatic heterocycles. The fourth-order valence-electron chi connectivity index (χ4n) is 4.94. The average molecular weight is 447 g/mol. The first-order valence-electron chi connectivity index (χ1n) is 11.4. The number of benzene rings is 3. The topological polar surface area (TPSA) is 46.2 Å². The highest BCUT2D eigenvalue weighted by Crippen LogP contribution is 2.43. The summed E-state index contributed by atoms with van der Waals surface area (Å²) >= 11 is 0. The lowest BCUT2D eigenvalue weighted by Gasteiger charge is -2.37. The van der Waals surface area contributed by atoms with E-state index in [1.165, 1.54) is 0 Å². The van der Waals surface area contributed by atoms with Gasteiger partial charge in [-0.15, -0.1) is 0 Å². The zero-order valence-electron chi connectivity index (χ0n) is 19.2. The SMILES string of the molecule is COC1C(COC(c2ccccc2)(c2ccccc2)c2ccccc2)OC2OC(C)(C)OC21. The summed E-state index contributed by atoms with van der Waals surface area (Å²) in [4.78, 5) is 0. The molecule has 0 saturated carbocycles. The van der Waals surface area contributed by atoms with E-state index < -0.39 is 17.7 Å². The number of fused-ring (bicyclic) bond motifs is 1. The smallest absolute Gasteiger partial charge is 0.190 e. The van der Waals surface area contributed by atoms with Crippen molar-refractivity contribution in [2.45, 2.75) is 49.8 Å². The van der Waals surface area contributed by atoms with Crippen LogP contribution in [0.25, 0.3) is 0 Å². The lowest BCUT2D eigenvalue weighted by molar-refractivity contribution is -0.225. The summed E-state index contributed by atoms with van der Waals surface area (Å²) in [6.45, 7) is 4.08. The summed E-state index contributed by atoms with van der Waals surface area (Å²) in [5.74, 6) is -0.695. The Hall–Kier alpha value is -2.54. The fraction of sp³-hybridized carbons (Fsp3) is 0.357. The zero-order valence-corrected chi connectivity index (χ0v) is 19.2. The highest BCUT2D eigenvalue weighted by Gasteiger charge is 2.55. The fourth-order valence-corrected chi connectivity index (χ4v) is 4.94. The second-order valence-corrected chi connectivity index (χ2v) is 8.93. The normalized spacial score (nSPS) is 26.3. The molecule has 0 aliphatic carbocycles. The molecule has 172 valence electrons. The van der Waals surface area contributed by atoms with Crippen LogP contribution in [0.15, 0.2) is 91.0 Å². The van der Waals surface area contributed by atoms with Crippen molar-refractivity contribution in [3.63, 3.8) is 0 Å². The lowest BCUT2D eigenvalue weighted by Crippen LogP contribution is -2.41. The predicted molar refractivity (Wildman–Crippen MR) is 125 cm³/mol. The molecule has 0 aromatic heterocycles. The largest absolute Gasteiger partial charge is 0.376 e. The maximum Gasteiger partial charge on any atom is 0.190 e. The van der Waals surface area contributed by atoms with Gasteiger partial charge in [0.1, 0.15) is 23.9 Å². The van der Waals surface area contributed by atoms with Crippen molar-refractivity contribution >= 4 is 0 Å². The third-order valence-electron chi connectivity index (χ3n) is 6.36.